The normalized spacial score (nSPS) is 12.1. The molecule has 1 aromatic heterocycles. The van der Waals surface area contributed by atoms with Crippen LogP contribution in [-0.4, -0.2) is 29.7 Å². The Balaban J connectivity index is 1.57. The molecule has 9 heteroatoms. The molecular formula is C30H26N6O2S. The third-order valence-corrected chi connectivity index (χ3v) is 7.18. The van der Waals surface area contributed by atoms with Crippen LogP contribution in [0.3, 0.4) is 0 Å². The summed E-state index contributed by atoms with van der Waals surface area (Å²) in [5, 5.41) is 18.1. The largest absolute Gasteiger partial charge is 0.278 e. The molecule has 5 rings (SSSR count). The van der Waals surface area contributed by atoms with Gasteiger partial charge in [-0.2, -0.15) is 15.3 Å². The molecule has 1 heterocycles. The second-order valence-electron chi connectivity index (χ2n) is 8.73. The van der Waals surface area contributed by atoms with Gasteiger partial charge in [0.15, 0.2) is 9.84 Å². The fraction of sp³-hybridized carbons (Fsp3) is 0.0667. The summed E-state index contributed by atoms with van der Waals surface area (Å²) in [6.07, 6.45) is 1.72. The summed E-state index contributed by atoms with van der Waals surface area (Å²) in [7, 11) is -3.62. The van der Waals surface area contributed by atoms with Crippen molar-refractivity contribution >= 4 is 32.6 Å². The van der Waals surface area contributed by atoms with Gasteiger partial charge in [-0.05, 0) is 42.0 Å². The molecule has 0 fully saturated rings. The van der Waals surface area contributed by atoms with Gasteiger partial charge in [0.05, 0.1) is 34.8 Å². The number of hydrogen-bond donors (Lipinski definition) is 1. The Morgan fingerprint density at radius 1 is 0.744 bits per heavy atom. The van der Waals surface area contributed by atoms with Crippen molar-refractivity contribution in [2.24, 2.45) is 15.3 Å². The lowest BCUT2D eigenvalue weighted by molar-refractivity contribution is 0.599. The van der Waals surface area contributed by atoms with Crippen LogP contribution in [0.4, 0.5) is 17.1 Å². The van der Waals surface area contributed by atoms with Gasteiger partial charge in [-0.1, -0.05) is 84.9 Å². The van der Waals surface area contributed by atoms with Crippen LogP contribution in [0.15, 0.2) is 143 Å². The van der Waals surface area contributed by atoms with Crippen LogP contribution in [0.1, 0.15) is 11.3 Å². The molecule has 0 saturated heterocycles. The van der Waals surface area contributed by atoms with Gasteiger partial charge in [0.1, 0.15) is 17.1 Å². The van der Waals surface area contributed by atoms with E-state index in [0.29, 0.717) is 28.3 Å². The summed E-state index contributed by atoms with van der Waals surface area (Å²) in [6.45, 7) is 0. The fourth-order valence-electron chi connectivity index (χ4n) is 3.85. The second-order valence-corrected chi connectivity index (χ2v) is 10.8. The monoisotopic (exact) mass is 534 g/mol. The number of para-hydroxylation sites is 2. The Hall–Kier alpha value is -4.89. The van der Waals surface area contributed by atoms with Crippen LogP contribution in [0, 0.1) is 0 Å². The minimum absolute atomic E-state index is 0.127. The number of nitrogens with zero attached hydrogens (tertiary/aromatic N) is 5. The fourth-order valence-corrected chi connectivity index (χ4v) is 5.27. The first-order valence-electron chi connectivity index (χ1n) is 12.3. The van der Waals surface area contributed by atoms with E-state index in [1.807, 2.05) is 109 Å². The highest BCUT2D eigenvalue weighted by molar-refractivity contribution is 7.91. The molecule has 0 spiro atoms. The van der Waals surface area contributed by atoms with Crippen molar-refractivity contribution in [3.05, 3.63) is 139 Å². The zero-order valence-corrected chi connectivity index (χ0v) is 21.8. The van der Waals surface area contributed by atoms with Gasteiger partial charge in [0.25, 0.3) is 0 Å². The quantitative estimate of drug-likeness (QED) is 0.122. The van der Waals surface area contributed by atoms with E-state index in [0.717, 1.165) is 5.69 Å². The van der Waals surface area contributed by atoms with E-state index < -0.39 is 9.84 Å². The molecule has 0 radical (unpaired) electrons. The number of hydrogen-bond acceptors (Lipinski definition) is 7. The summed E-state index contributed by atoms with van der Waals surface area (Å²) in [5.41, 5.74) is 6.79. The van der Waals surface area contributed by atoms with E-state index in [9.17, 15) is 8.42 Å². The lowest BCUT2D eigenvalue weighted by Gasteiger charge is -2.09. The summed E-state index contributed by atoms with van der Waals surface area (Å²) in [5.74, 6) is -0.472. The molecule has 5 aromatic rings. The van der Waals surface area contributed by atoms with Gasteiger partial charge in [-0.15, -0.1) is 5.11 Å². The molecule has 39 heavy (non-hydrogen) atoms. The standard InChI is InChI=1S/C30H26N6O2S/c37-39(38,22-24-13-5-1-6-14-24)23-29(34-32-26-17-9-3-10-18-26)30-28(33-31-25-15-7-2-8-16-25)21-36(35-30)27-19-11-4-12-20-27/h1-21,32H,22-23H2/b33-31?,34-29-. The van der Waals surface area contributed by atoms with Crippen molar-refractivity contribution in [3.8, 4) is 5.69 Å². The molecule has 0 amide bonds. The third-order valence-electron chi connectivity index (χ3n) is 5.70. The van der Waals surface area contributed by atoms with Gasteiger partial charge in [-0.25, -0.2) is 13.1 Å². The maximum Gasteiger partial charge on any atom is 0.160 e. The van der Waals surface area contributed by atoms with Crippen LogP contribution >= 0.6 is 0 Å². The highest BCUT2D eigenvalue weighted by atomic mass is 32.2. The average Bonchev–Trinajstić information content (AvgIpc) is 3.40. The Bertz CT molecular complexity index is 1670. The SMILES string of the molecule is O=S(=O)(C/C(=N/Nc1ccccc1)c1nn(-c2ccccc2)cc1N=Nc1ccccc1)Cc1ccccc1. The maximum absolute atomic E-state index is 13.4. The zero-order chi connectivity index (χ0) is 26.9. The van der Waals surface area contributed by atoms with E-state index in [1.54, 1.807) is 23.0 Å². The topological polar surface area (TPSA) is 101 Å². The van der Waals surface area contributed by atoms with Crippen molar-refractivity contribution in [1.82, 2.24) is 9.78 Å². The number of azo groups is 1. The van der Waals surface area contributed by atoms with Gasteiger partial charge in [-0.3, -0.25) is 5.43 Å². The molecule has 0 atom stereocenters. The van der Waals surface area contributed by atoms with Crippen LogP contribution in [0.25, 0.3) is 5.69 Å². The molecule has 0 aliphatic rings. The number of benzene rings is 4. The second kappa shape index (κ2) is 12.1. The molecule has 0 saturated carbocycles. The van der Waals surface area contributed by atoms with E-state index in [2.05, 4.69) is 20.8 Å². The molecule has 194 valence electrons. The van der Waals surface area contributed by atoms with Crippen molar-refractivity contribution < 1.29 is 8.42 Å². The van der Waals surface area contributed by atoms with Gasteiger partial charge >= 0.3 is 0 Å². The highest BCUT2D eigenvalue weighted by Crippen LogP contribution is 2.25. The molecular weight excluding hydrogens is 508 g/mol. The highest BCUT2D eigenvalue weighted by Gasteiger charge is 2.23. The molecule has 0 unspecified atom stereocenters. The first-order chi connectivity index (χ1) is 19.1. The van der Waals surface area contributed by atoms with Crippen LogP contribution in [0.5, 0.6) is 0 Å². The number of rotatable bonds is 10. The van der Waals surface area contributed by atoms with Crippen LogP contribution in [-0.2, 0) is 15.6 Å². The van der Waals surface area contributed by atoms with Gasteiger partial charge in [0, 0.05) is 0 Å². The lowest BCUT2D eigenvalue weighted by atomic mass is 10.2. The Kier molecular flexibility index (Phi) is 7.99. The molecule has 0 bridgehead atoms. The minimum atomic E-state index is -3.62. The smallest absolute Gasteiger partial charge is 0.160 e. The van der Waals surface area contributed by atoms with E-state index in [1.165, 1.54) is 0 Å². The molecule has 0 aliphatic carbocycles. The minimum Gasteiger partial charge on any atom is -0.278 e. The summed E-state index contributed by atoms with van der Waals surface area (Å²) in [6, 6.07) is 37.2. The van der Waals surface area contributed by atoms with E-state index in [-0.39, 0.29) is 17.2 Å². The van der Waals surface area contributed by atoms with Gasteiger partial charge < -0.3 is 0 Å². The number of nitrogens with one attached hydrogen (secondary N) is 1. The van der Waals surface area contributed by atoms with E-state index >= 15 is 0 Å². The Labute approximate surface area is 227 Å². The van der Waals surface area contributed by atoms with Crippen molar-refractivity contribution in [3.63, 3.8) is 0 Å². The molecule has 0 aliphatic heterocycles. The Morgan fingerprint density at radius 3 is 2.00 bits per heavy atom. The molecule has 4 aromatic carbocycles. The third kappa shape index (κ3) is 7.12. The summed E-state index contributed by atoms with van der Waals surface area (Å²) in [4.78, 5) is 0. The first-order valence-corrected chi connectivity index (χ1v) is 14.1. The van der Waals surface area contributed by atoms with Crippen LogP contribution < -0.4 is 5.43 Å². The zero-order valence-electron chi connectivity index (χ0n) is 21.0. The predicted octanol–water partition coefficient (Wildman–Crippen LogP) is 6.72. The maximum atomic E-state index is 13.4. The average molecular weight is 535 g/mol. The van der Waals surface area contributed by atoms with Crippen molar-refractivity contribution in [2.45, 2.75) is 5.75 Å². The van der Waals surface area contributed by atoms with Crippen molar-refractivity contribution in [1.29, 1.82) is 0 Å². The number of aromatic nitrogens is 2. The van der Waals surface area contributed by atoms with E-state index in [4.69, 9.17) is 5.10 Å². The summed E-state index contributed by atoms with van der Waals surface area (Å²) < 4.78 is 28.4. The Morgan fingerprint density at radius 2 is 1.33 bits per heavy atom. The van der Waals surface area contributed by atoms with Gasteiger partial charge in [0.2, 0.25) is 0 Å². The number of sulfone groups is 1. The van der Waals surface area contributed by atoms with Crippen LogP contribution in [0.2, 0.25) is 0 Å². The van der Waals surface area contributed by atoms with Crippen molar-refractivity contribution in [2.75, 3.05) is 11.2 Å². The lowest BCUT2D eigenvalue weighted by Crippen LogP contribution is -2.21. The first kappa shape index (κ1) is 25.7. The number of anilines is 1. The molecule has 8 nitrogen and oxygen atoms in total. The summed E-state index contributed by atoms with van der Waals surface area (Å²) >= 11 is 0. The molecule has 1 N–H and O–H groups in total. The predicted molar refractivity (Wildman–Crippen MR) is 155 cm³/mol. The number of hydrazone groups is 1.